The maximum atomic E-state index is 12.8. The topological polar surface area (TPSA) is 97.6 Å². The molecule has 0 saturated heterocycles. The Morgan fingerprint density at radius 1 is 1.22 bits per heavy atom. The van der Waals surface area contributed by atoms with Crippen LogP contribution < -0.4 is 10.6 Å². The highest BCUT2D eigenvalue weighted by Crippen LogP contribution is 2.64. The zero-order chi connectivity index (χ0) is 19.1. The van der Waals surface area contributed by atoms with E-state index in [0.717, 1.165) is 32.1 Å². The number of nitrogens with one attached hydrogen (secondary N) is 2. The predicted octanol–water partition coefficient (Wildman–Crippen LogP) is 2.88. The molecule has 2 unspecified atom stereocenters. The average Bonchev–Trinajstić information content (AvgIpc) is 3.09. The summed E-state index contributed by atoms with van der Waals surface area (Å²) in [5, 5.41) is 4.67. The van der Waals surface area contributed by atoms with Gasteiger partial charge in [-0.1, -0.05) is 15.9 Å². The molecule has 27 heavy (non-hydrogen) atoms. The minimum absolute atomic E-state index is 0.0457. The van der Waals surface area contributed by atoms with Crippen molar-refractivity contribution in [2.75, 3.05) is 6.61 Å². The second-order valence-electron chi connectivity index (χ2n) is 8.28. The molecule has 146 valence electrons. The smallest absolute Gasteiger partial charge is 0.321 e. The third-order valence-electron chi connectivity index (χ3n) is 6.01. The molecule has 7 nitrogen and oxygen atoms in total. The molecule has 3 amide bonds. The van der Waals surface area contributed by atoms with Gasteiger partial charge in [0.1, 0.15) is 5.76 Å². The van der Waals surface area contributed by atoms with E-state index in [4.69, 9.17) is 9.15 Å². The third-order valence-corrected chi connectivity index (χ3v) is 6.94. The van der Waals surface area contributed by atoms with Crippen LogP contribution in [0.4, 0.5) is 4.79 Å². The first-order chi connectivity index (χ1) is 12.9. The highest BCUT2D eigenvalue weighted by Gasteiger charge is 2.60. The van der Waals surface area contributed by atoms with Crippen molar-refractivity contribution in [3.8, 4) is 0 Å². The fourth-order valence-electron chi connectivity index (χ4n) is 5.46. The van der Waals surface area contributed by atoms with Gasteiger partial charge in [0.25, 0.3) is 5.91 Å². The summed E-state index contributed by atoms with van der Waals surface area (Å²) in [4.78, 5) is 36.4. The van der Waals surface area contributed by atoms with Crippen LogP contribution >= 0.6 is 15.9 Å². The summed E-state index contributed by atoms with van der Waals surface area (Å²) >= 11 is 3.86. The number of esters is 1. The molecule has 4 bridgehead atoms. The average molecular weight is 439 g/mol. The number of furan rings is 1. The lowest BCUT2D eigenvalue weighted by Crippen LogP contribution is -2.56. The van der Waals surface area contributed by atoms with E-state index in [2.05, 4.69) is 26.6 Å². The standard InChI is InChI=1S/C19H23BrN2O5/c20-19-7-12-4-13(8-19)6-18(5-12,11-19)16(24)27-10-15(23)22-17(25)21-9-14-2-1-3-26-14/h1-3,12-13H,4-11H2,(H2,21,22,23,25)/t12-,13+,18?,19?. The van der Waals surface area contributed by atoms with Crippen LogP contribution in [-0.2, 0) is 20.9 Å². The van der Waals surface area contributed by atoms with E-state index in [1.54, 1.807) is 12.1 Å². The van der Waals surface area contributed by atoms with Gasteiger partial charge in [-0.3, -0.25) is 14.9 Å². The summed E-state index contributed by atoms with van der Waals surface area (Å²) in [5.41, 5.74) is -0.477. The van der Waals surface area contributed by atoms with Crippen LogP contribution in [-0.4, -0.2) is 28.8 Å². The number of carbonyl (C=O) groups excluding carboxylic acids is 3. The van der Waals surface area contributed by atoms with Crippen molar-refractivity contribution in [2.45, 2.75) is 49.4 Å². The van der Waals surface area contributed by atoms with Crippen molar-refractivity contribution >= 4 is 33.8 Å². The molecule has 1 heterocycles. The molecule has 0 radical (unpaired) electrons. The van der Waals surface area contributed by atoms with Crippen LogP contribution in [0.3, 0.4) is 0 Å². The number of rotatable bonds is 5. The minimum Gasteiger partial charge on any atom is -0.467 e. The molecular weight excluding hydrogens is 416 g/mol. The maximum absolute atomic E-state index is 12.8. The summed E-state index contributed by atoms with van der Waals surface area (Å²) in [6.45, 7) is -0.273. The van der Waals surface area contributed by atoms with E-state index in [9.17, 15) is 14.4 Å². The lowest BCUT2D eigenvalue weighted by Gasteiger charge is -2.58. The summed E-state index contributed by atoms with van der Waals surface area (Å²) in [5.74, 6) is 0.749. The number of hydrogen-bond acceptors (Lipinski definition) is 5. The molecule has 4 fully saturated rings. The van der Waals surface area contributed by atoms with Gasteiger partial charge in [0.2, 0.25) is 0 Å². The first kappa shape index (κ1) is 18.5. The zero-order valence-electron chi connectivity index (χ0n) is 15.0. The van der Waals surface area contributed by atoms with Gasteiger partial charge in [0.05, 0.1) is 18.2 Å². The van der Waals surface area contributed by atoms with Gasteiger partial charge in [-0.05, 0) is 62.5 Å². The Kier molecular flexibility index (Phi) is 4.78. The molecule has 8 heteroatoms. The predicted molar refractivity (Wildman–Crippen MR) is 98.8 cm³/mol. The second-order valence-corrected chi connectivity index (χ2v) is 9.96. The second kappa shape index (κ2) is 6.96. The third kappa shape index (κ3) is 3.90. The van der Waals surface area contributed by atoms with E-state index in [0.29, 0.717) is 17.6 Å². The number of hydrogen-bond donors (Lipinski definition) is 2. The Labute approximate surface area is 165 Å². The molecule has 1 aromatic rings. The van der Waals surface area contributed by atoms with Crippen molar-refractivity contribution in [2.24, 2.45) is 17.3 Å². The Morgan fingerprint density at radius 2 is 1.96 bits per heavy atom. The van der Waals surface area contributed by atoms with Crippen molar-refractivity contribution in [3.05, 3.63) is 24.2 Å². The fourth-order valence-corrected chi connectivity index (χ4v) is 6.91. The number of alkyl halides is 1. The van der Waals surface area contributed by atoms with Crippen molar-refractivity contribution in [1.29, 1.82) is 0 Å². The minimum atomic E-state index is -0.651. The van der Waals surface area contributed by atoms with E-state index in [1.165, 1.54) is 12.7 Å². The normalized spacial score (nSPS) is 33.5. The largest absolute Gasteiger partial charge is 0.467 e. The lowest BCUT2D eigenvalue weighted by atomic mass is 9.49. The van der Waals surface area contributed by atoms with Gasteiger partial charge >= 0.3 is 12.0 Å². The van der Waals surface area contributed by atoms with Crippen LogP contribution in [0.2, 0.25) is 0 Å². The first-order valence-corrected chi connectivity index (χ1v) is 10.1. The van der Waals surface area contributed by atoms with Crippen LogP contribution in [0.25, 0.3) is 0 Å². The van der Waals surface area contributed by atoms with Gasteiger partial charge in [0.15, 0.2) is 6.61 Å². The molecule has 4 saturated carbocycles. The summed E-state index contributed by atoms with van der Waals surface area (Å²) in [6.07, 6.45) is 7.41. The zero-order valence-corrected chi connectivity index (χ0v) is 16.5. The fraction of sp³-hybridized carbons (Fsp3) is 0.632. The van der Waals surface area contributed by atoms with Crippen LogP contribution in [0.5, 0.6) is 0 Å². The number of carbonyl (C=O) groups is 3. The molecule has 1 aromatic heterocycles. The van der Waals surface area contributed by atoms with Gasteiger partial charge in [-0.25, -0.2) is 4.79 Å². The number of ether oxygens (including phenoxy) is 1. The Morgan fingerprint density at radius 3 is 2.59 bits per heavy atom. The van der Waals surface area contributed by atoms with Gasteiger partial charge in [-0.15, -0.1) is 0 Å². The summed E-state index contributed by atoms with van der Waals surface area (Å²) < 4.78 is 10.5. The van der Waals surface area contributed by atoms with E-state index >= 15 is 0 Å². The Hall–Kier alpha value is -1.83. The highest BCUT2D eigenvalue weighted by molar-refractivity contribution is 9.10. The molecule has 2 N–H and O–H groups in total. The van der Waals surface area contributed by atoms with Crippen molar-refractivity contribution < 1.29 is 23.5 Å². The molecule has 4 aliphatic carbocycles. The number of imide groups is 1. The van der Waals surface area contributed by atoms with Gasteiger partial charge in [-0.2, -0.15) is 0 Å². The van der Waals surface area contributed by atoms with E-state index < -0.39 is 24.0 Å². The SMILES string of the molecule is O=C(COC(=O)C12C[C@@H]3C[C@@H](CC(Br)(C3)C1)C2)NC(=O)NCc1ccco1. The number of urea groups is 1. The van der Waals surface area contributed by atoms with E-state index in [1.807, 2.05) is 0 Å². The molecule has 0 spiro atoms. The van der Waals surface area contributed by atoms with Crippen molar-refractivity contribution in [1.82, 2.24) is 10.6 Å². The highest BCUT2D eigenvalue weighted by atomic mass is 79.9. The number of amides is 3. The molecule has 4 atom stereocenters. The monoisotopic (exact) mass is 438 g/mol. The van der Waals surface area contributed by atoms with Crippen molar-refractivity contribution in [3.63, 3.8) is 0 Å². The molecular formula is C19H23BrN2O5. The van der Waals surface area contributed by atoms with Gasteiger partial charge < -0.3 is 14.5 Å². The molecule has 0 aliphatic heterocycles. The van der Waals surface area contributed by atoms with Crippen LogP contribution in [0, 0.1) is 17.3 Å². The Bertz CT molecular complexity index is 733. The molecule has 5 rings (SSSR count). The lowest BCUT2D eigenvalue weighted by molar-refractivity contribution is -0.171. The summed E-state index contributed by atoms with van der Waals surface area (Å²) in [6, 6.07) is 2.77. The molecule has 0 aromatic carbocycles. The summed E-state index contributed by atoms with van der Waals surface area (Å²) in [7, 11) is 0. The van der Waals surface area contributed by atoms with Crippen LogP contribution in [0.15, 0.2) is 22.8 Å². The van der Waals surface area contributed by atoms with Gasteiger partial charge in [0, 0.05) is 4.32 Å². The van der Waals surface area contributed by atoms with E-state index in [-0.39, 0.29) is 16.8 Å². The first-order valence-electron chi connectivity index (χ1n) is 9.32. The number of halogens is 1. The maximum Gasteiger partial charge on any atom is 0.321 e. The quantitative estimate of drug-likeness (QED) is 0.543. The molecule has 4 aliphatic rings. The Balaban J connectivity index is 1.25. The van der Waals surface area contributed by atoms with Crippen LogP contribution in [0.1, 0.15) is 44.3 Å².